The van der Waals surface area contributed by atoms with Crippen molar-refractivity contribution in [2.75, 3.05) is 13.1 Å². The highest BCUT2D eigenvalue weighted by atomic mass is 16.3. The maximum atomic E-state index is 9.17. The van der Waals surface area contributed by atoms with E-state index in [1.54, 1.807) is 12.1 Å². The van der Waals surface area contributed by atoms with Gasteiger partial charge in [-0.3, -0.25) is 0 Å². The summed E-state index contributed by atoms with van der Waals surface area (Å²) in [5.41, 5.74) is 7.01. The van der Waals surface area contributed by atoms with Gasteiger partial charge >= 0.3 is 0 Å². The number of nitrogens with zero attached hydrogens (tertiary/aromatic N) is 2. The Bertz CT molecular complexity index is 380. The molecule has 17 heavy (non-hydrogen) atoms. The second-order valence-electron chi connectivity index (χ2n) is 4.39. The molecule has 92 valence electrons. The first-order valence-corrected chi connectivity index (χ1v) is 6.08. The summed E-state index contributed by atoms with van der Waals surface area (Å²) in [6.07, 6.45) is 3.70. The largest absolute Gasteiger partial charge is 0.508 e. The van der Waals surface area contributed by atoms with Crippen LogP contribution in [0.25, 0.3) is 0 Å². The van der Waals surface area contributed by atoms with Crippen LogP contribution in [0.3, 0.4) is 0 Å². The lowest BCUT2D eigenvalue weighted by atomic mass is 10.1. The molecule has 1 saturated heterocycles. The molecule has 0 aliphatic carbocycles. The molecule has 1 fully saturated rings. The van der Waals surface area contributed by atoms with Gasteiger partial charge in [0.2, 0.25) is 0 Å². The fourth-order valence-electron chi connectivity index (χ4n) is 2.00. The Morgan fingerprint density at radius 2 is 1.82 bits per heavy atom. The van der Waals surface area contributed by atoms with Crippen molar-refractivity contribution >= 4 is 5.96 Å². The molecule has 4 heteroatoms. The summed E-state index contributed by atoms with van der Waals surface area (Å²) >= 11 is 0. The van der Waals surface area contributed by atoms with Crippen molar-refractivity contribution in [3.05, 3.63) is 29.8 Å². The zero-order chi connectivity index (χ0) is 12.1. The molecule has 1 aromatic carbocycles. The van der Waals surface area contributed by atoms with Gasteiger partial charge in [-0.2, -0.15) is 0 Å². The Morgan fingerprint density at radius 3 is 2.47 bits per heavy atom. The summed E-state index contributed by atoms with van der Waals surface area (Å²) < 4.78 is 0. The molecule has 1 heterocycles. The number of phenolic OH excluding ortho intramolecular Hbond substituents is 1. The number of phenols is 1. The maximum Gasteiger partial charge on any atom is 0.191 e. The molecule has 2 rings (SSSR count). The third-order valence-electron chi connectivity index (χ3n) is 3.04. The van der Waals surface area contributed by atoms with Crippen LogP contribution >= 0.6 is 0 Å². The molecule has 1 aliphatic heterocycles. The summed E-state index contributed by atoms with van der Waals surface area (Å²) in [6.45, 7) is 2.61. The number of rotatable bonds is 2. The van der Waals surface area contributed by atoms with Crippen molar-refractivity contribution in [3.63, 3.8) is 0 Å². The van der Waals surface area contributed by atoms with Crippen molar-refractivity contribution in [3.8, 4) is 5.75 Å². The SMILES string of the molecule is NC(=NCc1ccc(O)cc1)N1CCCCC1. The van der Waals surface area contributed by atoms with Crippen LogP contribution in [0.1, 0.15) is 24.8 Å². The fourth-order valence-corrected chi connectivity index (χ4v) is 2.00. The number of aliphatic imine (C=N–C) groups is 1. The number of aromatic hydroxyl groups is 1. The zero-order valence-corrected chi connectivity index (χ0v) is 9.97. The average Bonchev–Trinajstić information content (AvgIpc) is 2.39. The van der Waals surface area contributed by atoms with Crippen LogP contribution in [0.4, 0.5) is 0 Å². The second-order valence-corrected chi connectivity index (χ2v) is 4.39. The number of likely N-dealkylation sites (tertiary alicyclic amines) is 1. The van der Waals surface area contributed by atoms with E-state index in [1.807, 2.05) is 12.1 Å². The second kappa shape index (κ2) is 5.57. The average molecular weight is 233 g/mol. The van der Waals surface area contributed by atoms with E-state index in [0.29, 0.717) is 12.5 Å². The lowest BCUT2D eigenvalue weighted by molar-refractivity contribution is 0.338. The first kappa shape index (κ1) is 11.8. The third-order valence-corrected chi connectivity index (χ3v) is 3.04. The maximum absolute atomic E-state index is 9.17. The molecule has 0 unspecified atom stereocenters. The normalized spacial score (nSPS) is 17.2. The Morgan fingerprint density at radius 1 is 1.18 bits per heavy atom. The van der Waals surface area contributed by atoms with E-state index in [0.717, 1.165) is 18.7 Å². The standard InChI is InChI=1S/C13H19N3O/c14-13(16-8-2-1-3-9-16)15-10-11-4-6-12(17)7-5-11/h4-7,17H,1-3,8-10H2,(H2,14,15). The minimum Gasteiger partial charge on any atom is -0.508 e. The summed E-state index contributed by atoms with van der Waals surface area (Å²) in [4.78, 5) is 6.53. The molecule has 4 nitrogen and oxygen atoms in total. The lowest BCUT2D eigenvalue weighted by Gasteiger charge is -2.27. The van der Waals surface area contributed by atoms with Gasteiger partial charge in [0.25, 0.3) is 0 Å². The van der Waals surface area contributed by atoms with Crippen LogP contribution in [-0.4, -0.2) is 29.1 Å². The van der Waals surface area contributed by atoms with Crippen molar-refractivity contribution in [1.29, 1.82) is 0 Å². The number of piperidine rings is 1. The van der Waals surface area contributed by atoms with Gasteiger partial charge in [-0.25, -0.2) is 4.99 Å². The quantitative estimate of drug-likeness (QED) is 0.603. The molecule has 0 amide bonds. The molecule has 0 spiro atoms. The van der Waals surface area contributed by atoms with Crippen LogP contribution in [0.2, 0.25) is 0 Å². The van der Waals surface area contributed by atoms with E-state index in [4.69, 9.17) is 10.8 Å². The van der Waals surface area contributed by atoms with Crippen LogP contribution in [0, 0.1) is 0 Å². The van der Waals surface area contributed by atoms with Crippen LogP contribution < -0.4 is 5.73 Å². The van der Waals surface area contributed by atoms with Crippen molar-refractivity contribution in [2.45, 2.75) is 25.8 Å². The molecule has 0 radical (unpaired) electrons. The summed E-state index contributed by atoms with van der Waals surface area (Å²) in [7, 11) is 0. The lowest BCUT2D eigenvalue weighted by Crippen LogP contribution is -2.40. The van der Waals surface area contributed by atoms with Crippen molar-refractivity contribution in [1.82, 2.24) is 4.90 Å². The monoisotopic (exact) mass is 233 g/mol. The van der Waals surface area contributed by atoms with E-state index in [2.05, 4.69) is 9.89 Å². The third kappa shape index (κ3) is 3.37. The smallest absolute Gasteiger partial charge is 0.191 e. The molecule has 1 aliphatic rings. The minimum absolute atomic E-state index is 0.279. The van der Waals surface area contributed by atoms with Gasteiger partial charge in [0.15, 0.2) is 5.96 Å². The number of nitrogens with two attached hydrogens (primary N) is 1. The Hall–Kier alpha value is -1.71. The fraction of sp³-hybridized carbons (Fsp3) is 0.462. The summed E-state index contributed by atoms with van der Waals surface area (Å²) in [6, 6.07) is 7.06. The summed E-state index contributed by atoms with van der Waals surface area (Å²) in [5, 5.41) is 9.17. The van der Waals surface area contributed by atoms with Crippen LogP contribution in [0.15, 0.2) is 29.3 Å². The molecule has 0 bridgehead atoms. The molecule has 0 saturated carbocycles. The topological polar surface area (TPSA) is 61.9 Å². The van der Waals surface area contributed by atoms with E-state index >= 15 is 0 Å². The van der Waals surface area contributed by atoms with Gasteiger partial charge in [0, 0.05) is 13.1 Å². The van der Waals surface area contributed by atoms with Crippen molar-refractivity contribution in [2.24, 2.45) is 10.7 Å². The first-order chi connectivity index (χ1) is 8.25. The van der Waals surface area contributed by atoms with E-state index in [1.165, 1.54) is 19.3 Å². The van der Waals surface area contributed by atoms with Gasteiger partial charge in [0.05, 0.1) is 6.54 Å². The van der Waals surface area contributed by atoms with E-state index in [-0.39, 0.29) is 5.75 Å². The number of guanidine groups is 1. The Balaban J connectivity index is 1.92. The predicted octanol–water partition coefficient (Wildman–Crippen LogP) is 1.69. The Kier molecular flexibility index (Phi) is 3.85. The highest BCUT2D eigenvalue weighted by molar-refractivity contribution is 5.78. The molecule has 1 aromatic rings. The van der Waals surface area contributed by atoms with Crippen LogP contribution in [0.5, 0.6) is 5.75 Å². The first-order valence-electron chi connectivity index (χ1n) is 6.08. The highest BCUT2D eigenvalue weighted by Gasteiger charge is 2.11. The van der Waals surface area contributed by atoms with Gasteiger partial charge in [0.1, 0.15) is 5.75 Å². The zero-order valence-electron chi connectivity index (χ0n) is 9.97. The van der Waals surface area contributed by atoms with Gasteiger partial charge in [-0.05, 0) is 37.0 Å². The van der Waals surface area contributed by atoms with Gasteiger partial charge in [-0.1, -0.05) is 12.1 Å². The highest BCUT2D eigenvalue weighted by Crippen LogP contribution is 2.11. The van der Waals surface area contributed by atoms with E-state index < -0.39 is 0 Å². The summed E-state index contributed by atoms with van der Waals surface area (Å²) in [5.74, 6) is 0.916. The van der Waals surface area contributed by atoms with Crippen LogP contribution in [-0.2, 0) is 6.54 Å². The molecular formula is C13H19N3O. The Labute approximate surface area is 102 Å². The van der Waals surface area contributed by atoms with Gasteiger partial charge < -0.3 is 15.7 Å². The van der Waals surface area contributed by atoms with E-state index in [9.17, 15) is 0 Å². The molecular weight excluding hydrogens is 214 g/mol. The van der Waals surface area contributed by atoms with Gasteiger partial charge in [-0.15, -0.1) is 0 Å². The number of benzene rings is 1. The minimum atomic E-state index is 0.279. The number of hydrogen-bond acceptors (Lipinski definition) is 2. The number of hydrogen-bond donors (Lipinski definition) is 2. The molecule has 3 N–H and O–H groups in total. The van der Waals surface area contributed by atoms with Crippen molar-refractivity contribution < 1.29 is 5.11 Å². The predicted molar refractivity (Wildman–Crippen MR) is 68.9 cm³/mol. The molecule has 0 aromatic heterocycles. The molecule has 0 atom stereocenters.